The maximum Gasteiger partial charge on any atom is 0.340 e. The predicted octanol–water partition coefficient (Wildman–Crippen LogP) is 3.39. The molecule has 0 radical (unpaired) electrons. The minimum absolute atomic E-state index is 0.0896. The Balaban J connectivity index is 1.79. The van der Waals surface area contributed by atoms with E-state index in [2.05, 4.69) is 4.72 Å². The molecule has 2 aromatic carbocycles. The molecule has 1 aromatic heterocycles. The molecule has 10 nitrogen and oxygen atoms in total. The van der Waals surface area contributed by atoms with Gasteiger partial charge in [0.05, 0.1) is 21.1 Å². The maximum atomic E-state index is 12.7. The van der Waals surface area contributed by atoms with Gasteiger partial charge in [-0.3, -0.25) is 19.6 Å². The van der Waals surface area contributed by atoms with E-state index in [9.17, 15) is 28.1 Å². The van der Waals surface area contributed by atoms with E-state index < -0.39 is 33.2 Å². The number of non-ortho nitro benzene ring substituents is 1. The molecular formula is C22H21N3O7S. The van der Waals surface area contributed by atoms with E-state index in [-0.39, 0.29) is 21.9 Å². The molecule has 0 atom stereocenters. The summed E-state index contributed by atoms with van der Waals surface area (Å²) in [6, 6.07) is 11.9. The summed E-state index contributed by atoms with van der Waals surface area (Å²) in [4.78, 5) is 35.0. The van der Waals surface area contributed by atoms with Crippen LogP contribution in [0.3, 0.4) is 0 Å². The summed E-state index contributed by atoms with van der Waals surface area (Å²) in [5, 5.41) is 11.0. The number of sulfonamides is 1. The molecule has 11 heteroatoms. The van der Waals surface area contributed by atoms with Crippen molar-refractivity contribution in [3.63, 3.8) is 0 Å². The van der Waals surface area contributed by atoms with Crippen molar-refractivity contribution in [2.75, 3.05) is 11.3 Å². The van der Waals surface area contributed by atoms with Gasteiger partial charge in [-0.1, -0.05) is 18.2 Å². The van der Waals surface area contributed by atoms with Crippen molar-refractivity contribution in [3.8, 4) is 0 Å². The third-order valence-corrected chi connectivity index (χ3v) is 6.50. The average Bonchev–Trinajstić information content (AvgIpc) is 3.04. The third kappa shape index (κ3) is 5.09. The number of nitrogens with one attached hydrogen (secondary N) is 1. The number of rotatable bonds is 8. The lowest BCUT2D eigenvalue weighted by atomic mass is 10.1. The van der Waals surface area contributed by atoms with Crippen LogP contribution in [0.5, 0.6) is 0 Å². The molecule has 0 spiro atoms. The van der Waals surface area contributed by atoms with Gasteiger partial charge in [0, 0.05) is 36.1 Å². The molecule has 0 bridgehead atoms. The summed E-state index contributed by atoms with van der Waals surface area (Å²) in [6.45, 7) is 3.11. The molecule has 3 aromatic rings. The minimum Gasteiger partial charge on any atom is -0.454 e. The van der Waals surface area contributed by atoms with Gasteiger partial charge in [-0.05, 0) is 38.1 Å². The standard InChI is InChI=1S/C22H21N3O7S/c1-14-11-19(15(2)24(14)3)21(26)13-32-22(27)18-9-4-5-10-20(18)23-33(30,31)17-8-6-7-16(12-17)25(28)29/h4-12,23H,13H2,1-3H3. The van der Waals surface area contributed by atoms with Crippen molar-refractivity contribution < 1.29 is 27.7 Å². The fourth-order valence-corrected chi connectivity index (χ4v) is 4.26. The Bertz CT molecular complexity index is 1360. The normalized spacial score (nSPS) is 11.1. The van der Waals surface area contributed by atoms with Crippen LogP contribution in [-0.4, -0.2) is 36.3 Å². The quantitative estimate of drug-likeness (QED) is 0.230. The molecule has 0 aliphatic heterocycles. The fraction of sp³-hybridized carbons (Fsp3) is 0.182. The lowest BCUT2D eigenvalue weighted by Gasteiger charge is -2.12. The zero-order chi connectivity index (χ0) is 24.3. The van der Waals surface area contributed by atoms with E-state index in [0.29, 0.717) is 5.56 Å². The van der Waals surface area contributed by atoms with Crippen LogP contribution >= 0.6 is 0 Å². The van der Waals surface area contributed by atoms with E-state index in [1.54, 1.807) is 13.0 Å². The lowest BCUT2D eigenvalue weighted by molar-refractivity contribution is -0.385. The van der Waals surface area contributed by atoms with Gasteiger partial charge in [0.25, 0.3) is 15.7 Å². The van der Waals surface area contributed by atoms with Crippen LogP contribution in [0.15, 0.2) is 59.5 Å². The number of hydrogen-bond donors (Lipinski definition) is 1. The van der Waals surface area contributed by atoms with Gasteiger partial charge in [0.2, 0.25) is 5.78 Å². The van der Waals surface area contributed by atoms with Crippen LogP contribution in [0.4, 0.5) is 11.4 Å². The van der Waals surface area contributed by atoms with Crippen LogP contribution in [0.1, 0.15) is 32.1 Å². The van der Waals surface area contributed by atoms with Crippen LogP contribution < -0.4 is 4.72 Å². The number of esters is 1. The molecule has 0 aliphatic rings. The Hall–Kier alpha value is -3.99. The number of nitrogens with zero attached hydrogens (tertiary/aromatic N) is 2. The number of anilines is 1. The van der Waals surface area contributed by atoms with E-state index in [0.717, 1.165) is 23.5 Å². The molecular weight excluding hydrogens is 450 g/mol. The Morgan fingerprint density at radius 1 is 1.06 bits per heavy atom. The van der Waals surface area contributed by atoms with Gasteiger partial charge < -0.3 is 9.30 Å². The number of para-hydroxylation sites is 1. The van der Waals surface area contributed by atoms with Gasteiger partial charge in [0.15, 0.2) is 6.61 Å². The van der Waals surface area contributed by atoms with E-state index in [4.69, 9.17) is 4.74 Å². The van der Waals surface area contributed by atoms with Gasteiger partial charge >= 0.3 is 5.97 Å². The molecule has 0 saturated heterocycles. The molecule has 33 heavy (non-hydrogen) atoms. The average molecular weight is 471 g/mol. The highest BCUT2D eigenvalue weighted by atomic mass is 32.2. The Labute approximate surface area is 190 Å². The van der Waals surface area contributed by atoms with Crippen LogP contribution in [0, 0.1) is 24.0 Å². The first-order valence-corrected chi connectivity index (χ1v) is 11.2. The number of ketones is 1. The molecule has 0 fully saturated rings. The van der Waals surface area contributed by atoms with Gasteiger partial charge in [0.1, 0.15) is 0 Å². The summed E-state index contributed by atoms with van der Waals surface area (Å²) < 4.78 is 34.7. The van der Waals surface area contributed by atoms with Crippen molar-refractivity contribution >= 4 is 33.2 Å². The topological polar surface area (TPSA) is 138 Å². The molecule has 0 unspecified atom stereocenters. The summed E-state index contributed by atoms with van der Waals surface area (Å²) in [5.41, 5.74) is 1.45. The smallest absolute Gasteiger partial charge is 0.340 e. The number of nitro benzene ring substituents is 1. The van der Waals surface area contributed by atoms with Gasteiger partial charge in [-0.25, -0.2) is 13.2 Å². The van der Waals surface area contributed by atoms with Crippen molar-refractivity contribution in [1.29, 1.82) is 0 Å². The van der Waals surface area contributed by atoms with Crippen molar-refractivity contribution in [2.45, 2.75) is 18.7 Å². The van der Waals surface area contributed by atoms with Gasteiger partial charge in [-0.15, -0.1) is 0 Å². The number of hydrogen-bond acceptors (Lipinski definition) is 7. The highest BCUT2D eigenvalue weighted by Crippen LogP contribution is 2.23. The van der Waals surface area contributed by atoms with Crippen LogP contribution in [0.25, 0.3) is 0 Å². The zero-order valence-electron chi connectivity index (χ0n) is 18.1. The first-order chi connectivity index (χ1) is 15.5. The summed E-state index contributed by atoms with van der Waals surface area (Å²) in [5.74, 6) is -1.29. The first-order valence-electron chi connectivity index (χ1n) is 9.71. The second-order valence-corrected chi connectivity index (χ2v) is 8.93. The van der Waals surface area contributed by atoms with Crippen LogP contribution in [-0.2, 0) is 21.8 Å². The monoisotopic (exact) mass is 471 g/mol. The maximum absolute atomic E-state index is 12.7. The molecule has 1 N–H and O–H groups in total. The highest BCUT2D eigenvalue weighted by molar-refractivity contribution is 7.92. The Morgan fingerprint density at radius 2 is 1.76 bits per heavy atom. The van der Waals surface area contributed by atoms with Crippen molar-refractivity contribution in [2.24, 2.45) is 7.05 Å². The number of carbonyl (C=O) groups is 2. The highest BCUT2D eigenvalue weighted by Gasteiger charge is 2.22. The molecule has 0 amide bonds. The Morgan fingerprint density at radius 3 is 2.39 bits per heavy atom. The van der Waals surface area contributed by atoms with Crippen LogP contribution in [0.2, 0.25) is 0 Å². The number of ether oxygens (including phenoxy) is 1. The van der Waals surface area contributed by atoms with E-state index >= 15 is 0 Å². The van der Waals surface area contributed by atoms with E-state index in [1.807, 2.05) is 18.5 Å². The molecule has 1 heterocycles. The summed E-state index contributed by atoms with van der Waals surface area (Å²) in [6.07, 6.45) is 0. The SMILES string of the molecule is Cc1cc(C(=O)COC(=O)c2ccccc2NS(=O)(=O)c2cccc([N+](=O)[O-])c2)c(C)n1C. The largest absolute Gasteiger partial charge is 0.454 e. The zero-order valence-corrected chi connectivity index (χ0v) is 18.9. The summed E-state index contributed by atoms with van der Waals surface area (Å²) >= 11 is 0. The third-order valence-electron chi connectivity index (χ3n) is 5.14. The second kappa shape index (κ2) is 9.25. The first kappa shape index (κ1) is 23.7. The molecule has 0 aliphatic carbocycles. The lowest BCUT2D eigenvalue weighted by Crippen LogP contribution is -2.18. The number of aromatic nitrogens is 1. The van der Waals surface area contributed by atoms with E-state index in [1.165, 1.54) is 36.4 Å². The molecule has 3 rings (SSSR count). The fourth-order valence-electron chi connectivity index (χ4n) is 3.14. The minimum atomic E-state index is -4.24. The second-order valence-electron chi connectivity index (χ2n) is 7.25. The van der Waals surface area contributed by atoms with Crippen molar-refractivity contribution in [1.82, 2.24) is 4.57 Å². The predicted molar refractivity (Wildman–Crippen MR) is 120 cm³/mol. The van der Waals surface area contributed by atoms with Crippen molar-refractivity contribution in [3.05, 3.63) is 87.2 Å². The number of nitro groups is 1. The molecule has 0 saturated carbocycles. The Kier molecular flexibility index (Phi) is 6.63. The molecule has 172 valence electrons. The number of carbonyl (C=O) groups excluding carboxylic acids is 2. The van der Waals surface area contributed by atoms with Gasteiger partial charge in [-0.2, -0.15) is 0 Å². The summed E-state index contributed by atoms with van der Waals surface area (Å²) in [7, 11) is -2.42. The number of aryl methyl sites for hydroxylation is 1. The number of benzene rings is 2. The number of Topliss-reactive ketones (excluding diaryl/α,β-unsaturated/α-hetero) is 1.